The van der Waals surface area contributed by atoms with Gasteiger partial charge in [0.05, 0.1) is 6.54 Å². The van der Waals surface area contributed by atoms with Gasteiger partial charge in [0.2, 0.25) is 5.96 Å². The Morgan fingerprint density at radius 2 is 1.74 bits per heavy atom. The van der Waals surface area contributed by atoms with Gasteiger partial charge in [0.15, 0.2) is 0 Å². The van der Waals surface area contributed by atoms with Crippen LogP contribution in [-0.4, -0.2) is 5.96 Å². The van der Waals surface area contributed by atoms with E-state index in [2.05, 4.69) is 15.7 Å². The summed E-state index contributed by atoms with van der Waals surface area (Å²) in [5.74, 6) is 5.96. The van der Waals surface area contributed by atoms with E-state index in [1.165, 1.54) is 0 Å². The van der Waals surface area contributed by atoms with E-state index < -0.39 is 0 Å². The number of nitrogens with zero attached hydrogens (tertiary/aromatic N) is 1. The van der Waals surface area contributed by atoms with Crippen molar-refractivity contribution in [1.82, 2.24) is 5.43 Å². The van der Waals surface area contributed by atoms with Crippen molar-refractivity contribution in [3.05, 3.63) is 65.2 Å². The quantitative estimate of drug-likeness (QED) is 0.349. The molecule has 0 heterocycles. The van der Waals surface area contributed by atoms with E-state index in [1.54, 1.807) is 0 Å². The van der Waals surface area contributed by atoms with Crippen LogP contribution in [0.2, 0.25) is 5.02 Å². The van der Waals surface area contributed by atoms with E-state index in [0.717, 1.165) is 11.3 Å². The van der Waals surface area contributed by atoms with Gasteiger partial charge in [-0.1, -0.05) is 41.9 Å². The Bertz CT molecular complexity index is 537. The van der Waals surface area contributed by atoms with Crippen LogP contribution in [0.1, 0.15) is 5.56 Å². The van der Waals surface area contributed by atoms with Gasteiger partial charge in [0.25, 0.3) is 0 Å². The largest absolute Gasteiger partial charge is 0.325 e. The van der Waals surface area contributed by atoms with E-state index in [4.69, 9.17) is 17.4 Å². The lowest BCUT2D eigenvalue weighted by molar-refractivity contribution is 0.968. The van der Waals surface area contributed by atoms with Gasteiger partial charge in [-0.05, 0) is 29.8 Å². The van der Waals surface area contributed by atoms with Crippen LogP contribution in [0.15, 0.2) is 59.6 Å². The molecule has 0 spiro atoms. The topological polar surface area (TPSA) is 62.4 Å². The van der Waals surface area contributed by atoms with Gasteiger partial charge in [-0.2, -0.15) is 0 Å². The maximum Gasteiger partial charge on any atom is 0.210 e. The predicted octanol–water partition coefficient (Wildman–Crippen LogP) is 2.77. The molecule has 2 aromatic rings. The second kappa shape index (κ2) is 6.78. The molecule has 0 aliphatic heterocycles. The summed E-state index contributed by atoms with van der Waals surface area (Å²) < 4.78 is 0. The van der Waals surface area contributed by atoms with Crippen LogP contribution in [0, 0.1) is 0 Å². The van der Waals surface area contributed by atoms with Crippen molar-refractivity contribution >= 4 is 23.2 Å². The number of rotatable bonds is 3. The molecule has 0 saturated carbocycles. The van der Waals surface area contributed by atoms with Crippen LogP contribution < -0.4 is 16.6 Å². The fourth-order valence-electron chi connectivity index (χ4n) is 1.54. The zero-order chi connectivity index (χ0) is 13.5. The Kier molecular flexibility index (Phi) is 4.78. The standard InChI is InChI=1S/C14H15ClN4/c15-12-8-6-11(7-9-12)10-17-14(19-16)18-13-4-2-1-3-5-13/h1-9H,10,16H2,(H2,17,18,19). The van der Waals surface area contributed by atoms with E-state index in [0.29, 0.717) is 17.5 Å². The first-order valence-corrected chi connectivity index (χ1v) is 6.23. The summed E-state index contributed by atoms with van der Waals surface area (Å²) in [5.41, 5.74) is 4.53. The Hall–Kier alpha value is -2.04. The third kappa shape index (κ3) is 4.28. The molecule has 0 unspecified atom stereocenters. The van der Waals surface area contributed by atoms with E-state index in [1.807, 2.05) is 54.6 Å². The van der Waals surface area contributed by atoms with E-state index in [9.17, 15) is 0 Å². The maximum atomic E-state index is 5.83. The smallest absolute Gasteiger partial charge is 0.210 e. The Morgan fingerprint density at radius 1 is 1.05 bits per heavy atom. The number of halogens is 1. The van der Waals surface area contributed by atoms with Crippen molar-refractivity contribution < 1.29 is 0 Å². The number of hydrazine groups is 1. The number of nitrogens with one attached hydrogen (secondary N) is 2. The third-order valence-corrected chi connectivity index (χ3v) is 2.76. The second-order valence-corrected chi connectivity index (χ2v) is 4.36. The molecule has 0 aromatic heterocycles. The molecule has 19 heavy (non-hydrogen) atoms. The summed E-state index contributed by atoms with van der Waals surface area (Å²) >= 11 is 5.83. The molecule has 0 fully saturated rings. The number of para-hydroxylation sites is 1. The highest BCUT2D eigenvalue weighted by Crippen LogP contribution is 2.10. The summed E-state index contributed by atoms with van der Waals surface area (Å²) in [6.45, 7) is 0.524. The number of anilines is 1. The van der Waals surface area contributed by atoms with Crippen LogP contribution in [0.25, 0.3) is 0 Å². The summed E-state index contributed by atoms with van der Waals surface area (Å²) in [6.07, 6.45) is 0. The first-order valence-electron chi connectivity index (χ1n) is 5.85. The fraction of sp³-hybridized carbons (Fsp3) is 0.0714. The average Bonchev–Trinajstić information content (AvgIpc) is 2.46. The normalized spacial score (nSPS) is 11.2. The molecule has 0 radical (unpaired) electrons. The van der Waals surface area contributed by atoms with Crippen molar-refractivity contribution in [3.63, 3.8) is 0 Å². The minimum absolute atomic E-state index is 0.515. The highest BCUT2D eigenvalue weighted by atomic mass is 35.5. The fourth-order valence-corrected chi connectivity index (χ4v) is 1.67. The summed E-state index contributed by atoms with van der Waals surface area (Å²) in [4.78, 5) is 4.36. The molecular formula is C14H15ClN4. The average molecular weight is 275 g/mol. The number of benzene rings is 2. The van der Waals surface area contributed by atoms with Gasteiger partial charge < -0.3 is 5.32 Å². The molecule has 0 amide bonds. The van der Waals surface area contributed by atoms with Crippen molar-refractivity contribution in [1.29, 1.82) is 0 Å². The molecule has 0 bridgehead atoms. The molecule has 4 N–H and O–H groups in total. The van der Waals surface area contributed by atoms with E-state index in [-0.39, 0.29) is 0 Å². The molecule has 0 aliphatic rings. The van der Waals surface area contributed by atoms with Crippen molar-refractivity contribution in [2.75, 3.05) is 5.32 Å². The zero-order valence-corrected chi connectivity index (χ0v) is 11.1. The molecular weight excluding hydrogens is 260 g/mol. The maximum absolute atomic E-state index is 5.83. The Labute approximate surface area is 117 Å². The number of nitrogens with two attached hydrogens (primary N) is 1. The highest BCUT2D eigenvalue weighted by Gasteiger charge is 1.97. The van der Waals surface area contributed by atoms with Gasteiger partial charge >= 0.3 is 0 Å². The Balaban J connectivity index is 2.01. The summed E-state index contributed by atoms with van der Waals surface area (Å²) in [5, 5.41) is 3.81. The zero-order valence-electron chi connectivity index (χ0n) is 10.3. The van der Waals surface area contributed by atoms with Crippen molar-refractivity contribution in [2.24, 2.45) is 10.8 Å². The minimum atomic E-state index is 0.515. The predicted molar refractivity (Wildman–Crippen MR) is 80.0 cm³/mol. The molecule has 0 aliphatic carbocycles. The minimum Gasteiger partial charge on any atom is -0.325 e. The van der Waals surface area contributed by atoms with Crippen LogP contribution in [0.5, 0.6) is 0 Å². The number of aliphatic imine (C=N–C) groups is 1. The van der Waals surface area contributed by atoms with Crippen LogP contribution >= 0.6 is 11.6 Å². The first-order chi connectivity index (χ1) is 9.28. The summed E-state index contributed by atoms with van der Waals surface area (Å²) in [6, 6.07) is 17.3. The van der Waals surface area contributed by atoms with Crippen LogP contribution in [0.3, 0.4) is 0 Å². The molecule has 0 atom stereocenters. The number of hydrogen-bond donors (Lipinski definition) is 3. The Morgan fingerprint density at radius 3 is 2.37 bits per heavy atom. The third-order valence-electron chi connectivity index (χ3n) is 2.51. The highest BCUT2D eigenvalue weighted by molar-refractivity contribution is 6.30. The number of guanidine groups is 1. The van der Waals surface area contributed by atoms with Gasteiger partial charge in [-0.15, -0.1) is 0 Å². The van der Waals surface area contributed by atoms with Crippen molar-refractivity contribution in [3.8, 4) is 0 Å². The van der Waals surface area contributed by atoms with Gasteiger partial charge in [0, 0.05) is 10.7 Å². The molecule has 5 heteroatoms. The molecule has 98 valence electrons. The molecule has 4 nitrogen and oxygen atoms in total. The van der Waals surface area contributed by atoms with Crippen molar-refractivity contribution in [2.45, 2.75) is 6.54 Å². The van der Waals surface area contributed by atoms with Gasteiger partial charge in [-0.3, -0.25) is 5.43 Å². The SMILES string of the molecule is NNC(=NCc1ccc(Cl)cc1)Nc1ccccc1. The van der Waals surface area contributed by atoms with Gasteiger partial charge in [0.1, 0.15) is 0 Å². The van der Waals surface area contributed by atoms with E-state index >= 15 is 0 Å². The lowest BCUT2D eigenvalue weighted by Gasteiger charge is -2.08. The molecule has 0 saturated heterocycles. The lowest BCUT2D eigenvalue weighted by atomic mass is 10.2. The monoisotopic (exact) mass is 274 g/mol. The number of hydrogen-bond acceptors (Lipinski definition) is 2. The van der Waals surface area contributed by atoms with Crippen LogP contribution in [0.4, 0.5) is 5.69 Å². The lowest BCUT2D eigenvalue weighted by Crippen LogP contribution is -2.36. The molecule has 2 aromatic carbocycles. The summed E-state index contributed by atoms with van der Waals surface area (Å²) in [7, 11) is 0. The van der Waals surface area contributed by atoms with Gasteiger partial charge in [-0.25, -0.2) is 10.8 Å². The molecule has 2 rings (SSSR count). The van der Waals surface area contributed by atoms with Crippen LogP contribution in [-0.2, 0) is 6.54 Å². The second-order valence-electron chi connectivity index (χ2n) is 3.93. The first kappa shape index (κ1) is 13.4.